The number of fused-ring (bicyclic) bond motifs is 1. The average molecular weight is 432 g/mol. The number of benzene rings is 2. The van der Waals surface area contributed by atoms with Crippen molar-refractivity contribution in [1.82, 2.24) is 0 Å². The molecule has 2 aromatic rings. The number of esters is 1. The van der Waals surface area contributed by atoms with Crippen molar-refractivity contribution >= 4 is 29.0 Å². The van der Waals surface area contributed by atoms with Crippen LogP contribution in [0.25, 0.3) is 0 Å². The van der Waals surface area contributed by atoms with Crippen molar-refractivity contribution in [2.24, 2.45) is 0 Å². The zero-order chi connectivity index (χ0) is 22.4. The molecule has 0 aliphatic carbocycles. The molecule has 0 saturated heterocycles. The molecule has 1 amide bonds. The Morgan fingerprint density at radius 3 is 2.55 bits per heavy atom. The minimum absolute atomic E-state index is 0.149. The standard InChI is InChI=1S/C20H17FN2O8/c21-13-2-3-14(15(10-13)23(27)28)22-19(25)11-31-20(26)6-4-16(24)12-1-5-17-18(9-12)30-8-7-29-17/h1-3,5,9-10H,4,6-8,11H2,(H,22,25). The maximum atomic E-state index is 13.1. The second kappa shape index (κ2) is 9.65. The van der Waals surface area contributed by atoms with E-state index in [1.807, 2.05) is 0 Å². The van der Waals surface area contributed by atoms with Gasteiger partial charge in [-0.1, -0.05) is 0 Å². The second-order valence-electron chi connectivity index (χ2n) is 6.41. The number of amides is 1. The average Bonchev–Trinajstić information content (AvgIpc) is 2.76. The van der Waals surface area contributed by atoms with Crippen LogP contribution in [0.2, 0.25) is 0 Å². The smallest absolute Gasteiger partial charge is 0.306 e. The number of nitro benzene ring substituents is 1. The third-order valence-corrected chi connectivity index (χ3v) is 4.22. The van der Waals surface area contributed by atoms with Gasteiger partial charge in [-0.15, -0.1) is 0 Å². The number of carbonyl (C=O) groups excluding carboxylic acids is 3. The van der Waals surface area contributed by atoms with Gasteiger partial charge in [-0.25, -0.2) is 4.39 Å². The normalized spacial score (nSPS) is 12.0. The van der Waals surface area contributed by atoms with Crippen molar-refractivity contribution in [1.29, 1.82) is 0 Å². The lowest BCUT2D eigenvalue weighted by Crippen LogP contribution is -2.21. The maximum Gasteiger partial charge on any atom is 0.306 e. The lowest BCUT2D eigenvalue weighted by Gasteiger charge is -2.18. The van der Waals surface area contributed by atoms with Crippen LogP contribution >= 0.6 is 0 Å². The molecule has 2 aromatic carbocycles. The van der Waals surface area contributed by atoms with E-state index in [1.165, 1.54) is 6.07 Å². The van der Waals surface area contributed by atoms with Crippen LogP contribution in [0.3, 0.4) is 0 Å². The Morgan fingerprint density at radius 2 is 1.81 bits per heavy atom. The van der Waals surface area contributed by atoms with Gasteiger partial charge in [0.05, 0.1) is 17.4 Å². The highest BCUT2D eigenvalue weighted by atomic mass is 19.1. The molecule has 0 fully saturated rings. The summed E-state index contributed by atoms with van der Waals surface area (Å²) in [6.45, 7) is 0.0832. The Bertz CT molecular complexity index is 1040. The van der Waals surface area contributed by atoms with E-state index in [9.17, 15) is 28.9 Å². The molecule has 1 heterocycles. The van der Waals surface area contributed by atoms with Crippen molar-refractivity contribution in [3.8, 4) is 11.5 Å². The van der Waals surface area contributed by atoms with E-state index in [-0.39, 0.29) is 24.3 Å². The van der Waals surface area contributed by atoms with Crippen molar-refractivity contribution in [3.63, 3.8) is 0 Å². The highest BCUT2D eigenvalue weighted by Crippen LogP contribution is 2.31. The number of halogens is 1. The first-order valence-electron chi connectivity index (χ1n) is 9.16. The summed E-state index contributed by atoms with van der Waals surface area (Å²) in [6, 6.07) is 7.33. The van der Waals surface area contributed by atoms with Crippen LogP contribution in [0, 0.1) is 15.9 Å². The largest absolute Gasteiger partial charge is 0.486 e. The van der Waals surface area contributed by atoms with E-state index in [4.69, 9.17) is 14.2 Å². The highest BCUT2D eigenvalue weighted by Gasteiger charge is 2.19. The monoisotopic (exact) mass is 432 g/mol. The number of hydrogen-bond acceptors (Lipinski definition) is 8. The predicted molar refractivity (Wildman–Crippen MR) is 104 cm³/mol. The van der Waals surface area contributed by atoms with Crippen LogP contribution in [0.15, 0.2) is 36.4 Å². The van der Waals surface area contributed by atoms with Crippen LogP contribution in [-0.4, -0.2) is 42.4 Å². The zero-order valence-electron chi connectivity index (χ0n) is 16.1. The molecule has 1 aliphatic heterocycles. The molecule has 0 unspecified atom stereocenters. The molecule has 162 valence electrons. The third kappa shape index (κ3) is 5.75. The van der Waals surface area contributed by atoms with Gasteiger partial charge in [-0.3, -0.25) is 24.5 Å². The molecule has 0 radical (unpaired) electrons. The summed E-state index contributed by atoms with van der Waals surface area (Å²) >= 11 is 0. The van der Waals surface area contributed by atoms with Gasteiger partial charge < -0.3 is 19.5 Å². The van der Waals surface area contributed by atoms with Crippen LogP contribution in [0.4, 0.5) is 15.8 Å². The Labute approximate surface area is 175 Å². The van der Waals surface area contributed by atoms with E-state index in [0.29, 0.717) is 36.3 Å². The van der Waals surface area contributed by atoms with Crippen LogP contribution in [-0.2, 0) is 14.3 Å². The Kier molecular flexibility index (Phi) is 6.75. The minimum Gasteiger partial charge on any atom is -0.486 e. The summed E-state index contributed by atoms with van der Waals surface area (Å²) in [6.07, 6.45) is -0.416. The van der Waals surface area contributed by atoms with Gasteiger partial charge in [0.2, 0.25) is 0 Å². The van der Waals surface area contributed by atoms with Gasteiger partial charge in [0.1, 0.15) is 24.7 Å². The van der Waals surface area contributed by atoms with Crippen molar-refractivity contribution in [2.75, 3.05) is 25.1 Å². The molecule has 1 N–H and O–H groups in total. The highest BCUT2D eigenvalue weighted by molar-refractivity contribution is 5.98. The van der Waals surface area contributed by atoms with Gasteiger partial charge >= 0.3 is 5.97 Å². The number of anilines is 1. The first kappa shape index (κ1) is 21.7. The van der Waals surface area contributed by atoms with Crippen LogP contribution < -0.4 is 14.8 Å². The number of hydrogen-bond donors (Lipinski definition) is 1. The van der Waals surface area contributed by atoms with E-state index in [2.05, 4.69) is 5.32 Å². The number of ether oxygens (including phenoxy) is 3. The summed E-state index contributed by atoms with van der Waals surface area (Å²) in [5.74, 6) is -1.81. The van der Waals surface area contributed by atoms with E-state index in [1.54, 1.807) is 12.1 Å². The summed E-state index contributed by atoms with van der Waals surface area (Å²) in [5, 5.41) is 13.1. The third-order valence-electron chi connectivity index (χ3n) is 4.22. The Balaban J connectivity index is 1.46. The molecule has 10 nitrogen and oxygen atoms in total. The number of ketones is 1. The number of rotatable bonds is 8. The molecule has 1 aliphatic rings. The first-order chi connectivity index (χ1) is 14.8. The number of nitrogens with zero attached hydrogens (tertiary/aromatic N) is 1. The van der Waals surface area contributed by atoms with E-state index in [0.717, 1.165) is 12.1 Å². The minimum atomic E-state index is -0.853. The van der Waals surface area contributed by atoms with Gasteiger partial charge in [0.15, 0.2) is 23.9 Å². The number of nitro groups is 1. The van der Waals surface area contributed by atoms with Gasteiger partial charge in [0.25, 0.3) is 11.6 Å². The predicted octanol–water partition coefficient (Wildman–Crippen LogP) is 2.65. The fraction of sp³-hybridized carbons (Fsp3) is 0.250. The summed E-state index contributed by atoms with van der Waals surface area (Å²) in [7, 11) is 0. The Morgan fingerprint density at radius 1 is 1.06 bits per heavy atom. The van der Waals surface area contributed by atoms with Crippen molar-refractivity contribution in [3.05, 3.63) is 57.9 Å². The molecule has 0 saturated carbocycles. The van der Waals surface area contributed by atoms with Crippen molar-refractivity contribution in [2.45, 2.75) is 12.8 Å². The molecule has 0 aromatic heterocycles. The molecule has 0 spiro atoms. The fourth-order valence-electron chi connectivity index (χ4n) is 2.74. The zero-order valence-corrected chi connectivity index (χ0v) is 16.1. The summed E-state index contributed by atoms with van der Waals surface area (Å²) in [4.78, 5) is 46.0. The maximum absolute atomic E-state index is 13.1. The molecular weight excluding hydrogens is 415 g/mol. The molecular formula is C20H17FN2O8. The van der Waals surface area contributed by atoms with E-state index >= 15 is 0 Å². The van der Waals surface area contributed by atoms with Gasteiger partial charge in [-0.05, 0) is 30.3 Å². The Hall–Kier alpha value is -4.02. The lowest BCUT2D eigenvalue weighted by molar-refractivity contribution is -0.384. The molecule has 0 atom stereocenters. The SMILES string of the molecule is O=C(COC(=O)CCC(=O)c1ccc2c(c1)OCCO2)Nc1ccc(F)cc1[N+](=O)[O-]. The van der Waals surface area contributed by atoms with Crippen molar-refractivity contribution < 1.29 is 37.9 Å². The molecule has 3 rings (SSSR count). The fourth-order valence-corrected chi connectivity index (χ4v) is 2.74. The summed E-state index contributed by atoms with van der Waals surface area (Å²) < 4.78 is 28.7. The molecule has 31 heavy (non-hydrogen) atoms. The van der Waals surface area contributed by atoms with Gasteiger partial charge in [-0.2, -0.15) is 0 Å². The van der Waals surface area contributed by atoms with E-state index < -0.39 is 34.9 Å². The second-order valence-corrected chi connectivity index (χ2v) is 6.41. The summed E-state index contributed by atoms with van der Waals surface area (Å²) in [5.41, 5.74) is -0.524. The van der Waals surface area contributed by atoms with Crippen LogP contribution in [0.1, 0.15) is 23.2 Å². The van der Waals surface area contributed by atoms with Crippen LogP contribution in [0.5, 0.6) is 11.5 Å². The number of nitrogens with one attached hydrogen (secondary N) is 1. The lowest BCUT2D eigenvalue weighted by atomic mass is 10.1. The topological polar surface area (TPSA) is 134 Å². The molecule has 11 heteroatoms. The quantitative estimate of drug-likeness (QED) is 0.291. The molecule has 0 bridgehead atoms. The number of Topliss-reactive ketones (excluding diaryl/α,β-unsaturated/α-hetero) is 1. The number of carbonyl (C=O) groups is 3. The first-order valence-corrected chi connectivity index (χ1v) is 9.16. The van der Waals surface area contributed by atoms with Gasteiger partial charge in [0, 0.05) is 12.0 Å².